The van der Waals surface area contributed by atoms with Crippen molar-refractivity contribution < 1.29 is 9.32 Å². The summed E-state index contributed by atoms with van der Waals surface area (Å²) in [4.78, 5) is 25.9. The Labute approximate surface area is 118 Å². The zero-order valence-electron chi connectivity index (χ0n) is 12.2. The van der Waals surface area contributed by atoms with Gasteiger partial charge in [0.1, 0.15) is 5.76 Å². The lowest BCUT2D eigenvalue weighted by Gasteiger charge is -2.30. The lowest BCUT2D eigenvalue weighted by atomic mass is 10.0. The van der Waals surface area contributed by atoms with Gasteiger partial charge in [0, 0.05) is 12.1 Å². The third-order valence-corrected chi connectivity index (χ3v) is 4.12. The summed E-state index contributed by atoms with van der Waals surface area (Å²) in [6.45, 7) is 5.29. The second-order valence-corrected chi connectivity index (χ2v) is 5.43. The summed E-state index contributed by atoms with van der Waals surface area (Å²) in [5.41, 5.74) is 5.40. The van der Waals surface area contributed by atoms with E-state index in [1.54, 1.807) is 6.92 Å². The highest BCUT2D eigenvalue weighted by molar-refractivity contribution is 5.79. The van der Waals surface area contributed by atoms with Crippen LogP contribution >= 0.6 is 0 Å². The van der Waals surface area contributed by atoms with Gasteiger partial charge in [-0.2, -0.15) is 0 Å². The van der Waals surface area contributed by atoms with Gasteiger partial charge in [-0.25, -0.2) is 0 Å². The summed E-state index contributed by atoms with van der Waals surface area (Å²) in [5.74, 6) is 0.581. The van der Waals surface area contributed by atoms with Crippen LogP contribution in [0.15, 0.2) is 15.4 Å². The van der Waals surface area contributed by atoms with Crippen LogP contribution < -0.4 is 11.3 Å². The molecule has 1 fully saturated rings. The average molecular weight is 281 g/mol. The maximum atomic E-state index is 12.2. The molecule has 1 aromatic rings. The summed E-state index contributed by atoms with van der Waals surface area (Å²) in [6, 6.07) is 1.66. The summed E-state index contributed by atoms with van der Waals surface area (Å²) < 4.78 is 5.99. The molecule has 0 amide bonds. The van der Waals surface area contributed by atoms with Crippen molar-refractivity contribution in [1.82, 2.24) is 9.64 Å². The van der Waals surface area contributed by atoms with Gasteiger partial charge in [-0.15, -0.1) is 4.74 Å². The zero-order valence-corrected chi connectivity index (χ0v) is 12.2. The minimum atomic E-state index is -0.398. The van der Waals surface area contributed by atoms with Crippen LogP contribution in [0.2, 0.25) is 0 Å². The minimum Gasteiger partial charge on any atom is -0.373 e. The number of carbonyl (C=O) groups is 1. The summed E-state index contributed by atoms with van der Waals surface area (Å²) in [6.07, 6.45) is 3.33. The quantitative estimate of drug-likeness (QED) is 0.865. The second kappa shape index (κ2) is 6.37. The Morgan fingerprint density at radius 2 is 2.30 bits per heavy atom. The van der Waals surface area contributed by atoms with Gasteiger partial charge in [-0.3, -0.25) is 14.5 Å². The molecule has 0 bridgehead atoms. The number of nitrogens with two attached hydrogens (primary N) is 1. The van der Waals surface area contributed by atoms with E-state index in [2.05, 4.69) is 4.90 Å². The lowest BCUT2D eigenvalue weighted by molar-refractivity contribution is 0.0661. The van der Waals surface area contributed by atoms with Gasteiger partial charge in [0.2, 0.25) is 0 Å². The van der Waals surface area contributed by atoms with Crippen LogP contribution in [0.5, 0.6) is 0 Å². The Kier molecular flexibility index (Phi) is 4.77. The Balaban J connectivity index is 2.08. The van der Waals surface area contributed by atoms with Gasteiger partial charge in [0.05, 0.1) is 6.54 Å². The first-order valence-electron chi connectivity index (χ1n) is 7.24. The van der Waals surface area contributed by atoms with Crippen LogP contribution in [-0.4, -0.2) is 41.2 Å². The van der Waals surface area contributed by atoms with E-state index in [0.717, 1.165) is 30.5 Å². The molecule has 0 radical (unpaired) electrons. The largest absolute Gasteiger partial charge is 0.373 e. The molecule has 1 aliphatic rings. The fourth-order valence-electron chi connectivity index (χ4n) is 3.10. The molecule has 1 heterocycles. The molecule has 2 atom stereocenters. The van der Waals surface area contributed by atoms with Gasteiger partial charge < -0.3 is 10.3 Å². The van der Waals surface area contributed by atoms with E-state index >= 15 is 0 Å². The molecule has 6 heteroatoms. The normalized spacial score (nSPS) is 22.6. The van der Waals surface area contributed by atoms with Crippen molar-refractivity contribution in [2.24, 2.45) is 11.7 Å². The topological polar surface area (TPSA) is 81.5 Å². The van der Waals surface area contributed by atoms with E-state index in [-0.39, 0.29) is 12.5 Å². The number of nitrogens with zero attached hydrogens (tertiary/aromatic N) is 2. The van der Waals surface area contributed by atoms with Crippen LogP contribution in [0.4, 0.5) is 0 Å². The second-order valence-electron chi connectivity index (χ2n) is 5.43. The molecule has 1 aliphatic carbocycles. The Morgan fingerprint density at radius 3 is 2.85 bits per heavy atom. The lowest BCUT2D eigenvalue weighted by Crippen LogP contribution is -2.44. The first-order valence-corrected chi connectivity index (χ1v) is 7.24. The predicted molar refractivity (Wildman–Crippen MR) is 75.8 cm³/mol. The van der Waals surface area contributed by atoms with Gasteiger partial charge in [-0.05, 0) is 38.8 Å². The third-order valence-electron chi connectivity index (χ3n) is 4.12. The Bertz CT molecular complexity index is 520. The van der Waals surface area contributed by atoms with Crippen molar-refractivity contribution in [3.63, 3.8) is 0 Å². The SMILES string of the molecule is CCN(CC(=O)n1oc(C)cc1=O)C1CCCC1CN. The monoisotopic (exact) mass is 281 g/mol. The third kappa shape index (κ3) is 3.02. The van der Waals surface area contributed by atoms with Crippen molar-refractivity contribution in [2.45, 2.75) is 39.2 Å². The van der Waals surface area contributed by atoms with E-state index in [4.69, 9.17) is 10.3 Å². The van der Waals surface area contributed by atoms with Crippen LogP contribution in [0.1, 0.15) is 36.7 Å². The van der Waals surface area contributed by atoms with Crippen molar-refractivity contribution >= 4 is 5.91 Å². The maximum absolute atomic E-state index is 12.2. The van der Waals surface area contributed by atoms with Crippen LogP contribution in [0.3, 0.4) is 0 Å². The van der Waals surface area contributed by atoms with Gasteiger partial charge >= 0.3 is 0 Å². The first-order chi connectivity index (χ1) is 9.56. The Hall–Kier alpha value is -1.40. The van der Waals surface area contributed by atoms with Crippen molar-refractivity contribution in [3.05, 3.63) is 22.2 Å². The molecule has 1 saturated carbocycles. The first kappa shape index (κ1) is 15.0. The molecule has 0 saturated heterocycles. The van der Waals surface area contributed by atoms with E-state index in [1.807, 2.05) is 6.92 Å². The number of hydrogen-bond acceptors (Lipinski definition) is 5. The van der Waals surface area contributed by atoms with E-state index in [1.165, 1.54) is 6.07 Å². The molecule has 0 aliphatic heterocycles. The number of rotatable bonds is 5. The van der Waals surface area contributed by atoms with Crippen LogP contribution in [0, 0.1) is 12.8 Å². The van der Waals surface area contributed by atoms with Gasteiger partial charge in [0.25, 0.3) is 11.5 Å². The number of carbonyl (C=O) groups excluding carboxylic acids is 1. The molecular formula is C14H23N3O3. The van der Waals surface area contributed by atoms with Crippen LogP contribution in [0.25, 0.3) is 0 Å². The van der Waals surface area contributed by atoms with Gasteiger partial charge in [0.15, 0.2) is 0 Å². The molecule has 0 aromatic carbocycles. The highest BCUT2D eigenvalue weighted by atomic mass is 16.5. The number of likely N-dealkylation sites (N-methyl/N-ethyl adjacent to an activating group) is 1. The average Bonchev–Trinajstić information content (AvgIpc) is 3.01. The van der Waals surface area contributed by atoms with Crippen LogP contribution in [-0.2, 0) is 0 Å². The molecule has 2 unspecified atom stereocenters. The highest BCUT2D eigenvalue weighted by Crippen LogP contribution is 2.29. The van der Waals surface area contributed by atoms with Crippen molar-refractivity contribution in [1.29, 1.82) is 0 Å². The number of aromatic nitrogens is 1. The Morgan fingerprint density at radius 1 is 1.55 bits per heavy atom. The molecule has 2 N–H and O–H groups in total. The molecule has 2 rings (SSSR count). The smallest absolute Gasteiger partial charge is 0.290 e. The summed E-state index contributed by atoms with van der Waals surface area (Å²) >= 11 is 0. The molecular weight excluding hydrogens is 258 g/mol. The van der Waals surface area contributed by atoms with E-state index < -0.39 is 5.56 Å². The van der Waals surface area contributed by atoms with Crippen molar-refractivity contribution in [3.8, 4) is 0 Å². The fourth-order valence-corrected chi connectivity index (χ4v) is 3.10. The number of aryl methyl sites for hydroxylation is 1. The molecule has 6 nitrogen and oxygen atoms in total. The highest BCUT2D eigenvalue weighted by Gasteiger charge is 2.31. The zero-order chi connectivity index (χ0) is 14.7. The fraction of sp³-hybridized carbons (Fsp3) is 0.714. The minimum absolute atomic E-state index is 0.199. The summed E-state index contributed by atoms with van der Waals surface area (Å²) in [7, 11) is 0. The molecule has 112 valence electrons. The van der Waals surface area contributed by atoms with Gasteiger partial charge in [-0.1, -0.05) is 13.3 Å². The number of hydrogen-bond donors (Lipinski definition) is 1. The van der Waals surface area contributed by atoms with E-state index in [0.29, 0.717) is 24.3 Å². The molecule has 0 spiro atoms. The standard InChI is InChI=1S/C14H23N3O3/c1-3-16(12-6-4-5-11(12)8-15)9-14(19)17-13(18)7-10(2)20-17/h7,11-12H,3-6,8-9,15H2,1-2H3. The maximum Gasteiger partial charge on any atom is 0.290 e. The molecule has 1 aromatic heterocycles. The predicted octanol–water partition coefficient (Wildman–Crippen LogP) is 0.839. The summed E-state index contributed by atoms with van der Waals surface area (Å²) in [5, 5.41) is 0. The molecule has 20 heavy (non-hydrogen) atoms. The van der Waals surface area contributed by atoms with E-state index in [9.17, 15) is 9.59 Å². The van der Waals surface area contributed by atoms with Crippen molar-refractivity contribution in [2.75, 3.05) is 19.6 Å².